The highest BCUT2D eigenvalue weighted by Crippen LogP contribution is 2.27. The highest BCUT2D eigenvalue weighted by molar-refractivity contribution is 5.85. The number of halogens is 1. The largest absolute Gasteiger partial charge is 0.337 e. The highest BCUT2D eigenvalue weighted by Gasteiger charge is 2.15. The van der Waals surface area contributed by atoms with Crippen molar-refractivity contribution in [2.75, 3.05) is 5.32 Å². The van der Waals surface area contributed by atoms with E-state index in [1.165, 1.54) is 0 Å². The fourth-order valence-corrected chi connectivity index (χ4v) is 3.38. The summed E-state index contributed by atoms with van der Waals surface area (Å²) in [4.78, 5) is 9.24. The molecule has 5 aromatic rings. The first-order valence-corrected chi connectivity index (χ1v) is 10.2. The van der Waals surface area contributed by atoms with Crippen LogP contribution in [0.1, 0.15) is 20.8 Å². The van der Waals surface area contributed by atoms with Crippen molar-refractivity contribution in [3.63, 3.8) is 0 Å². The lowest BCUT2D eigenvalue weighted by Gasteiger charge is -2.18. The zero-order valence-corrected chi connectivity index (χ0v) is 18.9. The van der Waals surface area contributed by atoms with E-state index in [0.29, 0.717) is 0 Å². The SMILES string of the molecule is CC(C)(C)n1ccc(-c2cccc(Nc3cc(-c4ccccc4)nn4ccnc34)n2)n1.Cl. The van der Waals surface area contributed by atoms with E-state index < -0.39 is 0 Å². The van der Waals surface area contributed by atoms with Gasteiger partial charge < -0.3 is 5.32 Å². The zero-order valence-electron chi connectivity index (χ0n) is 18.1. The predicted molar refractivity (Wildman–Crippen MR) is 129 cm³/mol. The van der Waals surface area contributed by atoms with Crippen molar-refractivity contribution in [1.29, 1.82) is 0 Å². The number of imidazole rings is 1. The summed E-state index contributed by atoms with van der Waals surface area (Å²) in [5.41, 5.74) is 5.04. The van der Waals surface area contributed by atoms with E-state index in [1.807, 2.05) is 77.7 Å². The molecule has 32 heavy (non-hydrogen) atoms. The monoisotopic (exact) mass is 445 g/mol. The van der Waals surface area contributed by atoms with Crippen LogP contribution in [0.25, 0.3) is 28.3 Å². The number of fused-ring (bicyclic) bond motifs is 1. The molecular formula is C24H24ClN7. The number of nitrogens with zero attached hydrogens (tertiary/aromatic N) is 6. The Hall–Kier alpha value is -3.71. The van der Waals surface area contributed by atoms with Gasteiger partial charge in [0.05, 0.1) is 22.6 Å². The van der Waals surface area contributed by atoms with Gasteiger partial charge in [-0.1, -0.05) is 36.4 Å². The van der Waals surface area contributed by atoms with Gasteiger partial charge in [0.2, 0.25) is 0 Å². The summed E-state index contributed by atoms with van der Waals surface area (Å²) in [5, 5.41) is 12.8. The highest BCUT2D eigenvalue weighted by atomic mass is 35.5. The Morgan fingerprint density at radius 2 is 1.62 bits per heavy atom. The Morgan fingerprint density at radius 1 is 0.812 bits per heavy atom. The van der Waals surface area contributed by atoms with E-state index in [9.17, 15) is 0 Å². The maximum absolute atomic E-state index is 4.78. The van der Waals surface area contributed by atoms with Crippen LogP contribution < -0.4 is 5.32 Å². The second-order valence-corrected chi connectivity index (χ2v) is 8.35. The number of aromatic nitrogens is 6. The van der Waals surface area contributed by atoms with E-state index in [-0.39, 0.29) is 17.9 Å². The molecule has 0 unspecified atom stereocenters. The second-order valence-electron chi connectivity index (χ2n) is 8.35. The Morgan fingerprint density at radius 3 is 2.38 bits per heavy atom. The lowest BCUT2D eigenvalue weighted by molar-refractivity contribution is 0.356. The van der Waals surface area contributed by atoms with Gasteiger partial charge in [-0.3, -0.25) is 4.68 Å². The lowest BCUT2D eigenvalue weighted by Crippen LogP contribution is -2.22. The predicted octanol–water partition coefficient (Wildman–Crippen LogP) is 5.58. The first kappa shape index (κ1) is 21.5. The van der Waals surface area contributed by atoms with Gasteiger partial charge >= 0.3 is 0 Å². The Kier molecular flexibility index (Phi) is 5.67. The fraction of sp³-hybridized carbons (Fsp3) is 0.167. The molecule has 0 radical (unpaired) electrons. The Balaban J connectivity index is 0.00000245. The van der Waals surface area contributed by atoms with Gasteiger partial charge in [-0.05, 0) is 45.0 Å². The number of hydrogen-bond donors (Lipinski definition) is 1. The molecule has 0 amide bonds. The van der Waals surface area contributed by atoms with Crippen LogP contribution in [0.3, 0.4) is 0 Å². The fourth-order valence-electron chi connectivity index (χ4n) is 3.38. The molecule has 0 fully saturated rings. The first-order valence-electron chi connectivity index (χ1n) is 10.2. The van der Waals surface area contributed by atoms with Gasteiger partial charge in [-0.2, -0.15) is 10.2 Å². The summed E-state index contributed by atoms with van der Waals surface area (Å²) < 4.78 is 3.73. The van der Waals surface area contributed by atoms with Crippen molar-refractivity contribution in [3.05, 3.63) is 79.3 Å². The number of rotatable bonds is 4. The molecule has 7 nitrogen and oxygen atoms in total. The van der Waals surface area contributed by atoms with Gasteiger partial charge in [-0.25, -0.2) is 14.5 Å². The number of hydrogen-bond acceptors (Lipinski definition) is 5. The molecule has 8 heteroatoms. The average Bonchev–Trinajstić information content (AvgIpc) is 3.44. The van der Waals surface area contributed by atoms with Crippen molar-refractivity contribution in [2.24, 2.45) is 0 Å². The van der Waals surface area contributed by atoms with Crippen molar-refractivity contribution in [2.45, 2.75) is 26.3 Å². The number of pyridine rings is 1. The number of anilines is 2. The minimum atomic E-state index is -0.0781. The molecule has 0 bridgehead atoms. The summed E-state index contributed by atoms with van der Waals surface area (Å²) in [6.45, 7) is 6.37. The Labute approximate surface area is 192 Å². The van der Waals surface area contributed by atoms with Crippen LogP contribution in [-0.2, 0) is 5.54 Å². The van der Waals surface area contributed by atoms with Gasteiger partial charge in [0.25, 0.3) is 0 Å². The van der Waals surface area contributed by atoms with E-state index in [2.05, 4.69) is 36.2 Å². The standard InChI is InChI=1S/C24H23N7.ClH/c1-24(2,3)31-14-12-19(29-31)18-10-7-11-22(26-18)27-21-16-20(17-8-5-4-6-9-17)28-30-15-13-25-23(21)30;/h4-16H,1-3H3,(H,26,27);1H. The summed E-state index contributed by atoms with van der Waals surface area (Å²) in [7, 11) is 0. The van der Waals surface area contributed by atoms with Crippen LogP contribution in [0, 0.1) is 0 Å². The normalized spacial score (nSPS) is 11.3. The second kappa shape index (κ2) is 8.43. The lowest BCUT2D eigenvalue weighted by atomic mass is 10.1. The van der Waals surface area contributed by atoms with Crippen LogP contribution in [0.4, 0.5) is 11.5 Å². The third-order valence-electron chi connectivity index (χ3n) is 4.98. The third-order valence-corrected chi connectivity index (χ3v) is 4.98. The minimum absolute atomic E-state index is 0. The smallest absolute Gasteiger partial charge is 0.177 e. The molecule has 0 aliphatic carbocycles. The van der Waals surface area contributed by atoms with Crippen molar-refractivity contribution >= 4 is 29.6 Å². The maximum Gasteiger partial charge on any atom is 0.177 e. The van der Waals surface area contributed by atoms with Crippen LogP contribution in [0.15, 0.2) is 79.3 Å². The van der Waals surface area contributed by atoms with Crippen molar-refractivity contribution in [1.82, 2.24) is 29.4 Å². The molecule has 0 spiro atoms. The molecular weight excluding hydrogens is 422 g/mol. The molecule has 4 aromatic heterocycles. The molecule has 0 aliphatic rings. The van der Waals surface area contributed by atoms with Crippen LogP contribution in [-0.4, -0.2) is 29.4 Å². The van der Waals surface area contributed by atoms with Gasteiger partial charge in [0, 0.05) is 24.2 Å². The van der Waals surface area contributed by atoms with E-state index >= 15 is 0 Å². The van der Waals surface area contributed by atoms with E-state index in [1.54, 1.807) is 10.7 Å². The summed E-state index contributed by atoms with van der Waals surface area (Å²) in [6, 6.07) is 20.0. The summed E-state index contributed by atoms with van der Waals surface area (Å²) in [5.74, 6) is 0.720. The van der Waals surface area contributed by atoms with Gasteiger partial charge in [0.15, 0.2) is 5.65 Å². The van der Waals surface area contributed by atoms with E-state index in [0.717, 1.165) is 39.8 Å². The molecule has 4 heterocycles. The van der Waals surface area contributed by atoms with Crippen LogP contribution in [0.2, 0.25) is 0 Å². The number of nitrogens with one attached hydrogen (secondary N) is 1. The van der Waals surface area contributed by atoms with E-state index in [4.69, 9.17) is 10.1 Å². The molecule has 162 valence electrons. The first-order chi connectivity index (χ1) is 15.0. The molecule has 0 atom stereocenters. The molecule has 1 aromatic carbocycles. The zero-order chi connectivity index (χ0) is 21.4. The molecule has 0 saturated carbocycles. The molecule has 5 rings (SSSR count). The summed E-state index contributed by atoms with van der Waals surface area (Å²) in [6.07, 6.45) is 5.57. The van der Waals surface area contributed by atoms with Crippen LogP contribution >= 0.6 is 12.4 Å². The minimum Gasteiger partial charge on any atom is -0.337 e. The van der Waals surface area contributed by atoms with Crippen molar-refractivity contribution < 1.29 is 0 Å². The van der Waals surface area contributed by atoms with Crippen molar-refractivity contribution in [3.8, 4) is 22.6 Å². The van der Waals surface area contributed by atoms with Gasteiger partial charge in [0.1, 0.15) is 11.5 Å². The Bertz CT molecular complexity index is 1350. The molecule has 0 saturated heterocycles. The van der Waals surface area contributed by atoms with Gasteiger partial charge in [-0.15, -0.1) is 12.4 Å². The number of benzene rings is 1. The average molecular weight is 446 g/mol. The molecule has 1 N–H and O–H groups in total. The topological polar surface area (TPSA) is 72.9 Å². The maximum atomic E-state index is 4.78. The quantitative estimate of drug-likeness (QED) is 0.391. The van der Waals surface area contributed by atoms with Crippen LogP contribution in [0.5, 0.6) is 0 Å². The summed E-state index contributed by atoms with van der Waals surface area (Å²) >= 11 is 0. The third kappa shape index (κ3) is 4.20. The molecule has 0 aliphatic heterocycles.